The van der Waals surface area contributed by atoms with Crippen molar-refractivity contribution in [1.29, 1.82) is 0 Å². The quantitative estimate of drug-likeness (QED) is 0.631. The van der Waals surface area contributed by atoms with Gasteiger partial charge in [0.2, 0.25) is 5.89 Å². The summed E-state index contributed by atoms with van der Waals surface area (Å²) in [5, 5.41) is 0. The van der Waals surface area contributed by atoms with E-state index in [2.05, 4.69) is 69.1 Å². The van der Waals surface area contributed by atoms with Crippen LogP contribution in [0.3, 0.4) is 0 Å². The summed E-state index contributed by atoms with van der Waals surface area (Å²) in [5.74, 6) is 0.693. The van der Waals surface area contributed by atoms with E-state index in [0.29, 0.717) is 5.89 Å². The van der Waals surface area contributed by atoms with Gasteiger partial charge in [-0.1, -0.05) is 45.9 Å². The van der Waals surface area contributed by atoms with Crippen LogP contribution in [0.15, 0.2) is 46.9 Å². The molecule has 2 heteroatoms. The normalized spacial score (nSPS) is 12.0. The first-order chi connectivity index (χ1) is 9.97. The number of benzene rings is 2. The summed E-state index contributed by atoms with van der Waals surface area (Å²) in [7, 11) is 0. The van der Waals surface area contributed by atoms with E-state index >= 15 is 0 Å². The third-order valence-corrected chi connectivity index (χ3v) is 3.86. The van der Waals surface area contributed by atoms with Crippen molar-refractivity contribution in [1.82, 2.24) is 4.98 Å². The highest BCUT2D eigenvalue weighted by molar-refractivity contribution is 5.77. The number of hydrogen-bond acceptors (Lipinski definition) is 2. The Morgan fingerprint density at radius 2 is 1.71 bits per heavy atom. The molecule has 0 radical (unpaired) electrons. The highest BCUT2D eigenvalue weighted by atomic mass is 16.3. The molecule has 0 spiro atoms. The van der Waals surface area contributed by atoms with E-state index in [1.807, 2.05) is 6.07 Å². The molecule has 3 aromatic rings. The van der Waals surface area contributed by atoms with Crippen LogP contribution in [0.2, 0.25) is 0 Å². The molecule has 21 heavy (non-hydrogen) atoms. The van der Waals surface area contributed by atoms with Gasteiger partial charge in [-0.2, -0.15) is 0 Å². The van der Waals surface area contributed by atoms with Gasteiger partial charge in [0.15, 0.2) is 5.58 Å². The van der Waals surface area contributed by atoms with Crippen molar-refractivity contribution in [3.05, 3.63) is 53.6 Å². The minimum Gasteiger partial charge on any atom is -0.436 e. The predicted octanol–water partition coefficient (Wildman–Crippen LogP) is 5.35. The number of hydrogen-bond donors (Lipinski definition) is 0. The summed E-state index contributed by atoms with van der Waals surface area (Å²) in [6.07, 6.45) is 1.01. The summed E-state index contributed by atoms with van der Waals surface area (Å²) < 4.78 is 5.87. The lowest BCUT2D eigenvalue weighted by Crippen LogP contribution is -2.10. The molecular weight excluding hydrogens is 258 g/mol. The van der Waals surface area contributed by atoms with E-state index in [1.54, 1.807) is 0 Å². The van der Waals surface area contributed by atoms with Gasteiger partial charge in [0.25, 0.3) is 0 Å². The Hall–Kier alpha value is -2.09. The summed E-state index contributed by atoms with van der Waals surface area (Å²) in [4.78, 5) is 4.62. The van der Waals surface area contributed by atoms with E-state index in [1.165, 1.54) is 11.1 Å². The van der Waals surface area contributed by atoms with Crippen molar-refractivity contribution in [2.75, 3.05) is 0 Å². The maximum absolute atomic E-state index is 5.87. The Bertz CT molecular complexity index is 760. The van der Waals surface area contributed by atoms with Crippen molar-refractivity contribution in [2.24, 2.45) is 0 Å². The monoisotopic (exact) mass is 279 g/mol. The third kappa shape index (κ3) is 2.71. The summed E-state index contributed by atoms with van der Waals surface area (Å²) in [5.41, 5.74) is 5.57. The lowest BCUT2D eigenvalue weighted by molar-refractivity contribution is 0.589. The topological polar surface area (TPSA) is 26.0 Å². The fraction of sp³-hybridized carbons (Fsp3) is 0.316. The van der Waals surface area contributed by atoms with E-state index in [-0.39, 0.29) is 5.41 Å². The van der Waals surface area contributed by atoms with Crippen LogP contribution < -0.4 is 0 Å². The van der Waals surface area contributed by atoms with Crippen LogP contribution in [0.25, 0.3) is 22.6 Å². The van der Waals surface area contributed by atoms with Gasteiger partial charge in [-0.25, -0.2) is 4.98 Å². The molecule has 0 fully saturated rings. The first-order valence-electron chi connectivity index (χ1n) is 7.48. The molecule has 1 heterocycles. The standard InChI is InChI=1S/C19H21NO/c1-5-13-6-11-17-16(12-13)20-18(21-17)14-7-9-15(10-8-14)19(2,3)4/h6-12H,5H2,1-4H3. The van der Waals surface area contributed by atoms with Gasteiger partial charge in [-0.15, -0.1) is 0 Å². The zero-order valence-corrected chi connectivity index (χ0v) is 13.1. The number of aryl methyl sites for hydroxylation is 1. The van der Waals surface area contributed by atoms with Crippen LogP contribution in [0.1, 0.15) is 38.8 Å². The molecule has 0 bridgehead atoms. The Labute approximate surface area is 125 Å². The second-order valence-electron chi connectivity index (χ2n) is 6.50. The number of oxazole rings is 1. The second kappa shape index (κ2) is 5.03. The SMILES string of the molecule is CCc1ccc2oc(-c3ccc(C(C)(C)C)cc3)nc2c1. The van der Waals surface area contributed by atoms with Crippen LogP contribution in [0, 0.1) is 0 Å². The van der Waals surface area contributed by atoms with E-state index in [4.69, 9.17) is 4.42 Å². The highest BCUT2D eigenvalue weighted by Crippen LogP contribution is 2.28. The molecule has 0 aliphatic rings. The molecule has 1 aromatic heterocycles. The summed E-state index contributed by atoms with van der Waals surface area (Å²) >= 11 is 0. The van der Waals surface area contributed by atoms with Gasteiger partial charge in [0, 0.05) is 5.56 Å². The van der Waals surface area contributed by atoms with Gasteiger partial charge in [-0.05, 0) is 47.2 Å². The van der Waals surface area contributed by atoms with Gasteiger partial charge in [0.05, 0.1) is 0 Å². The van der Waals surface area contributed by atoms with Crippen LogP contribution in [-0.2, 0) is 11.8 Å². The number of rotatable bonds is 2. The first-order valence-corrected chi connectivity index (χ1v) is 7.48. The Balaban J connectivity index is 2.00. The summed E-state index contributed by atoms with van der Waals surface area (Å²) in [6, 6.07) is 14.7. The third-order valence-electron chi connectivity index (χ3n) is 3.86. The van der Waals surface area contributed by atoms with Crippen LogP contribution in [0.5, 0.6) is 0 Å². The molecule has 0 amide bonds. The average Bonchev–Trinajstić information content (AvgIpc) is 2.89. The fourth-order valence-electron chi connectivity index (χ4n) is 2.43. The van der Waals surface area contributed by atoms with Crippen molar-refractivity contribution in [2.45, 2.75) is 39.5 Å². The van der Waals surface area contributed by atoms with Crippen molar-refractivity contribution in [3.8, 4) is 11.5 Å². The first kappa shape index (κ1) is 13.9. The lowest BCUT2D eigenvalue weighted by atomic mass is 9.87. The fourth-order valence-corrected chi connectivity index (χ4v) is 2.43. The van der Waals surface area contributed by atoms with Crippen LogP contribution >= 0.6 is 0 Å². The van der Waals surface area contributed by atoms with Crippen molar-refractivity contribution < 1.29 is 4.42 Å². The Kier molecular flexibility index (Phi) is 3.32. The Morgan fingerprint density at radius 3 is 2.33 bits per heavy atom. The van der Waals surface area contributed by atoms with E-state index < -0.39 is 0 Å². The minimum absolute atomic E-state index is 0.163. The maximum Gasteiger partial charge on any atom is 0.227 e. The molecule has 108 valence electrons. The second-order valence-corrected chi connectivity index (χ2v) is 6.50. The Morgan fingerprint density at radius 1 is 1.00 bits per heavy atom. The van der Waals surface area contributed by atoms with Gasteiger partial charge in [-0.3, -0.25) is 0 Å². The van der Waals surface area contributed by atoms with Crippen LogP contribution in [-0.4, -0.2) is 4.98 Å². The van der Waals surface area contributed by atoms with Gasteiger partial charge < -0.3 is 4.42 Å². The number of nitrogens with zero attached hydrogens (tertiary/aromatic N) is 1. The van der Waals surface area contributed by atoms with Gasteiger partial charge >= 0.3 is 0 Å². The molecule has 2 nitrogen and oxygen atoms in total. The molecule has 0 unspecified atom stereocenters. The lowest BCUT2D eigenvalue weighted by Gasteiger charge is -2.18. The predicted molar refractivity (Wildman–Crippen MR) is 87.5 cm³/mol. The molecule has 3 rings (SSSR count). The van der Waals surface area contributed by atoms with E-state index in [0.717, 1.165) is 23.1 Å². The molecule has 2 aromatic carbocycles. The molecule has 0 aliphatic heterocycles. The maximum atomic E-state index is 5.87. The highest BCUT2D eigenvalue weighted by Gasteiger charge is 2.14. The zero-order chi connectivity index (χ0) is 15.0. The molecular formula is C19H21NO. The number of fused-ring (bicyclic) bond motifs is 1. The molecule has 0 atom stereocenters. The largest absolute Gasteiger partial charge is 0.436 e. The van der Waals surface area contributed by atoms with Crippen LogP contribution in [0.4, 0.5) is 0 Å². The molecule has 0 saturated heterocycles. The molecule has 0 aliphatic carbocycles. The van der Waals surface area contributed by atoms with E-state index in [9.17, 15) is 0 Å². The van der Waals surface area contributed by atoms with Crippen molar-refractivity contribution >= 4 is 11.1 Å². The summed E-state index contributed by atoms with van der Waals surface area (Å²) in [6.45, 7) is 8.79. The van der Waals surface area contributed by atoms with Gasteiger partial charge in [0.1, 0.15) is 5.52 Å². The zero-order valence-electron chi connectivity index (χ0n) is 13.1. The van der Waals surface area contributed by atoms with Crippen molar-refractivity contribution in [3.63, 3.8) is 0 Å². The smallest absolute Gasteiger partial charge is 0.227 e. The molecule has 0 saturated carbocycles. The average molecular weight is 279 g/mol. The number of aromatic nitrogens is 1. The minimum atomic E-state index is 0.163. The molecule has 0 N–H and O–H groups in total.